The van der Waals surface area contributed by atoms with Crippen LogP contribution in [0.1, 0.15) is 23.3 Å². The average Bonchev–Trinajstić information content (AvgIpc) is 2.91. The molecule has 0 bridgehead atoms. The molecular formula is C15H16Cl2N4O4S. The first-order valence-electron chi connectivity index (χ1n) is 7.71. The number of amides is 1. The minimum atomic E-state index is -3.77. The number of rotatable bonds is 6. The summed E-state index contributed by atoms with van der Waals surface area (Å²) in [5, 5.41) is 12.5. The highest BCUT2D eigenvalue weighted by atomic mass is 35.5. The summed E-state index contributed by atoms with van der Waals surface area (Å²) in [6.07, 6.45) is 3.29. The Kier molecular flexibility index (Phi) is 5.54. The molecule has 2 atom stereocenters. The number of aliphatic hydroxyl groups excluding tert-OH is 1. The molecule has 0 aromatic carbocycles. The van der Waals surface area contributed by atoms with E-state index in [4.69, 9.17) is 23.2 Å². The maximum atomic E-state index is 12.5. The lowest BCUT2D eigenvalue weighted by Gasteiger charge is -2.32. The lowest BCUT2D eigenvalue weighted by atomic mass is 9.90. The Balaban J connectivity index is 1.76. The van der Waals surface area contributed by atoms with Gasteiger partial charge in [-0.05, 0) is 31.0 Å². The number of aliphatic hydroxyl groups is 1. The number of hydrogen-bond acceptors (Lipinski definition) is 5. The lowest BCUT2D eigenvalue weighted by molar-refractivity contribution is 0.0611. The summed E-state index contributed by atoms with van der Waals surface area (Å²) in [7, 11) is -3.77. The van der Waals surface area contributed by atoms with E-state index >= 15 is 0 Å². The van der Waals surface area contributed by atoms with Gasteiger partial charge in [-0.25, -0.2) is 18.1 Å². The van der Waals surface area contributed by atoms with Gasteiger partial charge >= 0.3 is 0 Å². The van der Waals surface area contributed by atoms with Crippen molar-refractivity contribution in [2.45, 2.75) is 30.9 Å². The predicted octanol–water partition coefficient (Wildman–Crippen LogP) is 1.84. The fourth-order valence-electron chi connectivity index (χ4n) is 2.53. The van der Waals surface area contributed by atoms with Crippen LogP contribution in [-0.2, 0) is 15.9 Å². The standard InChI is InChI=1S/C15H16Cl2N4O4S/c16-10-4-6-21(8-26(24,25)20-11-1-2-12(11)22)14(10)15(23)19-9-3-5-18-13(17)7-9/h3-7,11-12,20,22H,1-2,8H2,(H,18,19,23). The quantitative estimate of drug-likeness (QED) is 0.619. The minimum absolute atomic E-state index is 0.000802. The van der Waals surface area contributed by atoms with Crippen molar-refractivity contribution in [2.75, 3.05) is 5.32 Å². The van der Waals surface area contributed by atoms with E-state index in [1.165, 1.54) is 29.1 Å². The lowest BCUT2D eigenvalue weighted by Crippen LogP contribution is -2.50. The monoisotopic (exact) mass is 418 g/mol. The Morgan fingerprint density at radius 1 is 1.35 bits per heavy atom. The van der Waals surface area contributed by atoms with E-state index in [2.05, 4.69) is 15.0 Å². The molecule has 1 amide bonds. The van der Waals surface area contributed by atoms with E-state index < -0.39 is 34.0 Å². The summed E-state index contributed by atoms with van der Waals surface area (Å²) in [5.41, 5.74) is 0.400. The van der Waals surface area contributed by atoms with Crippen molar-refractivity contribution in [3.8, 4) is 0 Å². The minimum Gasteiger partial charge on any atom is -0.391 e. The molecule has 0 saturated heterocycles. The van der Waals surface area contributed by atoms with Crippen LogP contribution in [0.5, 0.6) is 0 Å². The van der Waals surface area contributed by atoms with E-state index in [0.29, 0.717) is 18.5 Å². The maximum Gasteiger partial charge on any atom is 0.273 e. The van der Waals surface area contributed by atoms with Gasteiger partial charge in [0.1, 0.15) is 16.7 Å². The number of halogens is 2. The van der Waals surface area contributed by atoms with Crippen molar-refractivity contribution in [3.05, 3.63) is 46.5 Å². The van der Waals surface area contributed by atoms with Crippen molar-refractivity contribution in [2.24, 2.45) is 0 Å². The largest absolute Gasteiger partial charge is 0.391 e. The van der Waals surface area contributed by atoms with Crippen molar-refractivity contribution in [3.63, 3.8) is 0 Å². The van der Waals surface area contributed by atoms with Crippen LogP contribution in [0.15, 0.2) is 30.6 Å². The summed E-state index contributed by atoms with van der Waals surface area (Å²) in [6.45, 7) is 0. The van der Waals surface area contributed by atoms with Crippen LogP contribution in [0, 0.1) is 0 Å². The highest BCUT2D eigenvalue weighted by molar-refractivity contribution is 7.88. The molecule has 3 rings (SSSR count). The number of nitrogens with zero attached hydrogens (tertiary/aromatic N) is 2. The molecule has 1 aliphatic rings. The molecule has 0 radical (unpaired) electrons. The van der Waals surface area contributed by atoms with Crippen LogP contribution in [0.2, 0.25) is 10.2 Å². The van der Waals surface area contributed by atoms with Gasteiger partial charge in [-0.1, -0.05) is 23.2 Å². The van der Waals surface area contributed by atoms with Gasteiger partial charge in [0.15, 0.2) is 0 Å². The molecule has 26 heavy (non-hydrogen) atoms. The Bertz CT molecular complexity index is 931. The molecule has 2 aromatic heterocycles. The zero-order valence-corrected chi connectivity index (χ0v) is 15.7. The van der Waals surface area contributed by atoms with E-state index in [1.807, 2.05) is 0 Å². The molecule has 2 heterocycles. The summed E-state index contributed by atoms with van der Waals surface area (Å²) < 4.78 is 28.2. The fraction of sp³-hybridized carbons (Fsp3) is 0.333. The van der Waals surface area contributed by atoms with Crippen molar-refractivity contribution >= 4 is 44.8 Å². The van der Waals surface area contributed by atoms with Crippen molar-refractivity contribution < 1.29 is 18.3 Å². The first kappa shape index (κ1) is 19.1. The van der Waals surface area contributed by atoms with Gasteiger partial charge in [-0.3, -0.25) is 4.79 Å². The summed E-state index contributed by atoms with van der Waals surface area (Å²) >= 11 is 11.8. The molecule has 0 aliphatic heterocycles. The van der Waals surface area contributed by atoms with Gasteiger partial charge in [-0.2, -0.15) is 0 Å². The number of nitrogens with one attached hydrogen (secondary N) is 2. The number of pyridine rings is 1. The molecule has 8 nitrogen and oxygen atoms in total. The van der Waals surface area contributed by atoms with E-state index in [1.54, 1.807) is 6.07 Å². The third-order valence-electron chi connectivity index (χ3n) is 3.99. The van der Waals surface area contributed by atoms with Crippen LogP contribution in [0.4, 0.5) is 5.69 Å². The number of carbonyl (C=O) groups excluding carboxylic acids is 1. The smallest absolute Gasteiger partial charge is 0.273 e. The van der Waals surface area contributed by atoms with Gasteiger partial charge in [0, 0.05) is 24.1 Å². The maximum absolute atomic E-state index is 12.5. The van der Waals surface area contributed by atoms with Gasteiger partial charge in [-0.15, -0.1) is 0 Å². The van der Waals surface area contributed by atoms with Crippen LogP contribution in [0.3, 0.4) is 0 Å². The third-order valence-corrected chi connectivity index (χ3v) is 5.78. The van der Waals surface area contributed by atoms with Gasteiger partial charge in [0.2, 0.25) is 10.0 Å². The molecule has 11 heteroatoms. The number of sulfonamides is 1. The molecule has 1 saturated carbocycles. The molecular weight excluding hydrogens is 403 g/mol. The second-order valence-corrected chi connectivity index (χ2v) is 8.43. The van der Waals surface area contributed by atoms with Crippen LogP contribution >= 0.6 is 23.2 Å². The molecule has 3 N–H and O–H groups in total. The number of hydrogen-bond donors (Lipinski definition) is 3. The predicted molar refractivity (Wildman–Crippen MR) is 97.7 cm³/mol. The highest BCUT2D eigenvalue weighted by Gasteiger charge is 2.32. The Hall–Kier alpha value is -1.65. The average molecular weight is 419 g/mol. The van der Waals surface area contributed by atoms with Gasteiger partial charge < -0.3 is 15.0 Å². The number of anilines is 1. The third kappa shape index (κ3) is 4.36. The zero-order valence-electron chi connectivity index (χ0n) is 13.4. The topological polar surface area (TPSA) is 113 Å². The normalized spacial score (nSPS) is 19.8. The molecule has 2 unspecified atom stereocenters. The summed E-state index contributed by atoms with van der Waals surface area (Å²) in [5.74, 6) is -1.08. The van der Waals surface area contributed by atoms with E-state index in [9.17, 15) is 18.3 Å². The highest BCUT2D eigenvalue weighted by Crippen LogP contribution is 2.23. The van der Waals surface area contributed by atoms with E-state index in [-0.39, 0.29) is 15.9 Å². The number of aromatic nitrogens is 2. The van der Waals surface area contributed by atoms with Gasteiger partial charge in [0.25, 0.3) is 5.91 Å². The Morgan fingerprint density at radius 2 is 2.12 bits per heavy atom. The fourth-order valence-corrected chi connectivity index (χ4v) is 4.35. The van der Waals surface area contributed by atoms with Crippen LogP contribution in [0.25, 0.3) is 0 Å². The SMILES string of the molecule is O=C(Nc1ccnc(Cl)c1)c1c(Cl)ccn1CS(=O)(=O)NC1CCC1O. The summed E-state index contributed by atoms with van der Waals surface area (Å²) in [4.78, 5) is 16.3. The molecule has 1 aliphatic carbocycles. The van der Waals surface area contributed by atoms with Crippen LogP contribution < -0.4 is 10.0 Å². The van der Waals surface area contributed by atoms with Crippen molar-refractivity contribution in [1.29, 1.82) is 0 Å². The molecule has 1 fully saturated rings. The second-order valence-electron chi connectivity index (χ2n) is 5.92. The number of carbonyl (C=O) groups is 1. The summed E-state index contributed by atoms with van der Waals surface area (Å²) in [6, 6.07) is 3.93. The zero-order chi connectivity index (χ0) is 18.9. The second kappa shape index (κ2) is 7.53. The first-order valence-corrected chi connectivity index (χ1v) is 10.1. The first-order chi connectivity index (χ1) is 12.2. The van der Waals surface area contributed by atoms with Crippen molar-refractivity contribution in [1.82, 2.24) is 14.3 Å². The molecule has 140 valence electrons. The van der Waals surface area contributed by atoms with Gasteiger partial charge in [0.05, 0.1) is 11.1 Å². The Labute approximate surface area is 160 Å². The van der Waals surface area contributed by atoms with E-state index in [0.717, 1.165) is 0 Å². The molecule has 0 spiro atoms. The molecule has 2 aromatic rings. The Morgan fingerprint density at radius 3 is 2.73 bits per heavy atom. The van der Waals surface area contributed by atoms with Crippen LogP contribution in [-0.4, -0.2) is 41.1 Å².